The van der Waals surface area contributed by atoms with Crippen LogP contribution in [0.4, 0.5) is 15.2 Å². The number of hydrogen-bond donors (Lipinski definition) is 2. The Morgan fingerprint density at radius 2 is 1.96 bits per heavy atom. The van der Waals surface area contributed by atoms with Crippen LogP contribution in [0.5, 0.6) is 0 Å². The van der Waals surface area contributed by atoms with Gasteiger partial charge in [0.15, 0.2) is 5.96 Å². The van der Waals surface area contributed by atoms with Crippen LogP contribution in [-0.2, 0) is 11.2 Å². The maximum absolute atomic E-state index is 12.9. The lowest BCUT2D eigenvalue weighted by Crippen LogP contribution is -2.53. The molecule has 0 spiro atoms. The van der Waals surface area contributed by atoms with Crippen molar-refractivity contribution in [2.75, 3.05) is 50.0 Å². The van der Waals surface area contributed by atoms with Crippen molar-refractivity contribution >= 4 is 34.2 Å². The standard InChI is InChI=1S/C18H24FN7OS/c1-3-15-23-18(28-24-15)26-10-8-25(9-11-26)17(20-2)21-12-16(27)22-14-6-4-13(19)5-7-14/h4-7H,3,8-12H2,1-2H3,(H,20,21)(H,22,27). The molecule has 2 N–H and O–H groups in total. The fourth-order valence-electron chi connectivity index (χ4n) is 2.86. The fraction of sp³-hybridized carbons (Fsp3) is 0.444. The third-order valence-electron chi connectivity index (χ3n) is 4.37. The van der Waals surface area contributed by atoms with Gasteiger partial charge in [-0.05, 0) is 24.3 Å². The van der Waals surface area contributed by atoms with Crippen LogP contribution < -0.4 is 15.5 Å². The third-order valence-corrected chi connectivity index (χ3v) is 5.18. The number of nitrogens with one attached hydrogen (secondary N) is 2. The van der Waals surface area contributed by atoms with E-state index in [1.165, 1.54) is 35.8 Å². The molecule has 1 amide bonds. The van der Waals surface area contributed by atoms with Crippen LogP contribution >= 0.6 is 11.5 Å². The number of benzene rings is 1. The van der Waals surface area contributed by atoms with Gasteiger partial charge in [0.25, 0.3) is 0 Å². The van der Waals surface area contributed by atoms with Gasteiger partial charge in [-0.1, -0.05) is 6.92 Å². The van der Waals surface area contributed by atoms with Gasteiger partial charge in [0, 0.05) is 56.9 Å². The van der Waals surface area contributed by atoms with Gasteiger partial charge >= 0.3 is 0 Å². The molecular formula is C18H24FN7OS. The van der Waals surface area contributed by atoms with Gasteiger partial charge in [-0.15, -0.1) is 0 Å². The van der Waals surface area contributed by atoms with Crippen LogP contribution in [0.3, 0.4) is 0 Å². The molecule has 28 heavy (non-hydrogen) atoms. The van der Waals surface area contributed by atoms with Crippen molar-refractivity contribution in [3.63, 3.8) is 0 Å². The number of guanidine groups is 1. The maximum Gasteiger partial charge on any atom is 0.243 e. The number of aryl methyl sites for hydroxylation is 1. The number of amides is 1. The highest BCUT2D eigenvalue weighted by Crippen LogP contribution is 2.19. The van der Waals surface area contributed by atoms with Crippen LogP contribution in [0.2, 0.25) is 0 Å². The van der Waals surface area contributed by atoms with Gasteiger partial charge in [0.05, 0.1) is 6.54 Å². The molecule has 3 rings (SSSR count). The van der Waals surface area contributed by atoms with Gasteiger partial charge in [-0.3, -0.25) is 9.79 Å². The molecule has 2 heterocycles. The van der Waals surface area contributed by atoms with Crippen LogP contribution in [0, 0.1) is 5.82 Å². The van der Waals surface area contributed by atoms with Crippen molar-refractivity contribution in [1.29, 1.82) is 0 Å². The minimum atomic E-state index is -0.338. The van der Waals surface area contributed by atoms with Crippen molar-refractivity contribution in [3.05, 3.63) is 35.9 Å². The zero-order valence-corrected chi connectivity index (χ0v) is 16.8. The van der Waals surface area contributed by atoms with Crippen LogP contribution in [-0.4, -0.2) is 65.9 Å². The van der Waals surface area contributed by atoms with Crippen molar-refractivity contribution in [1.82, 2.24) is 19.6 Å². The number of piperazine rings is 1. The molecule has 10 heteroatoms. The summed E-state index contributed by atoms with van der Waals surface area (Å²) in [7, 11) is 1.70. The number of nitrogens with zero attached hydrogens (tertiary/aromatic N) is 5. The Morgan fingerprint density at radius 3 is 2.57 bits per heavy atom. The summed E-state index contributed by atoms with van der Waals surface area (Å²) in [6.45, 7) is 5.33. The molecule has 1 aromatic heterocycles. The summed E-state index contributed by atoms with van der Waals surface area (Å²) in [5, 5.41) is 6.77. The predicted octanol–water partition coefficient (Wildman–Crippen LogP) is 1.58. The van der Waals surface area contributed by atoms with Crippen molar-refractivity contribution in [3.8, 4) is 0 Å². The Bertz CT molecular complexity index is 816. The number of carbonyl (C=O) groups excluding carboxylic acids is 1. The van der Waals surface area contributed by atoms with Crippen LogP contribution in [0.1, 0.15) is 12.7 Å². The van der Waals surface area contributed by atoms with E-state index in [0.29, 0.717) is 11.6 Å². The zero-order valence-electron chi connectivity index (χ0n) is 16.0. The quantitative estimate of drug-likeness (QED) is 0.580. The second kappa shape index (κ2) is 9.45. The summed E-state index contributed by atoms with van der Waals surface area (Å²) in [6.07, 6.45) is 0.840. The van der Waals surface area contributed by atoms with Gasteiger partial charge in [0.2, 0.25) is 11.0 Å². The average molecular weight is 406 g/mol. The minimum Gasteiger partial charge on any atom is -0.347 e. The van der Waals surface area contributed by atoms with Crippen LogP contribution in [0.25, 0.3) is 0 Å². The first-order valence-electron chi connectivity index (χ1n) is 9.17. The molecule has 1 aliphatic heterocycles. The van der Waals surface area contributed by atoms with E-state index in [2.05, 4.69) is 34.8 Å². The fourth-order valence-corrected chi connectivity index (χ4v) is 3.66. The van der Waals surface area contributed by atoms with E-state index in [1.54, 1.807) is 7.05 Å². The Kier molecular flexibility index (Phi) is 6.75. The Labute approximate surface area is 167 Å². The number of halogens is 1. The minimum absolute atomic E-state index is 0.0839. The molecule has 0 bridgehead atoms. The van der Waals surface area contributed by atoms with Gasteiger partial charge in [-0.25, -0.2) is 9.37 Å². The predicted molar refractivity (Wildman–Crippen MR) is 109 cm³/mol. The second-order valence-electron chi connectivity index (χ2n) is 6.28. The monoisotopic (exact) mass is 405 g/mol. The van der Waals surface area contributed by atoms with Gasteiger partial charge < -0.3 is 20.4 Å². The average Bonchev–Trinajstić information content (AvgIpc) is 3.20. The maximum atomic E-state index is 12.9. The Hall–Kier alpha value is -2.75. The topological polar surface area (TPSA) is 85.8 Å². The third kappa shape index (κ3) is 5.16. The molecule has 1 aromatic carbocycles. The van der Waals surface area contributed by atoms with E-state index in [9.17, 15) is 9.18 Å². The van der Waals surface area contributed by atoms with Crippen LogP contribution in [0.15, 0.2) is 29.3 Å². The van der Waals surface area contributed by atoms with E-state index in [-0.39, 0.29) is 18.3 Å². The van der Waals surface area contributed by atoms with E-state index in [4.69, 9.17) is 0 Å². The summed E-state index contributed by atoms with van der Waals surface area (Å²) in [5.41, 5.74) is 0.556. The molecule has 0 radical (unpaired) electrons. The number of rotatable bonds is 5. The Balaban J connectivity index is 1.46. The highest BCUT2D eigenvalue weighted by Gasteiger charge is 2.22. The highest BCUT2D eigenvalue weighted by molar-refractivity contribution is 7.09. The molecule has 150 valence electrons. The lowest BCUT2D eigenvalue weighted by molar-refractivity contribution is -0.115. The van der Waals surface area contributed by atoms with Crippen molar-refractivity contribution < 1.29 is 9.18 Å². The van der Waals surface area contributed by atoms with Gasteiger partial charge in [0.1, 0.15) is 11.6 Å². The first-order chi connectivity index (χ1) is 13.6. The van der Waals surface area contributed by atoms with E-state index >= 15 is 0 Å². The largest absolute Gasteiger partial charge is 0.347 e. The summed E-state index contributed by atoms with van der Waals surface area (Å²) in [6, 6.07) is 5.67. The van der Waals surface area contributed by atoms with E-state index in [1.807, 2.05) is 6.92 Å². The second-order valence-corrected chi connectivity index (χ2v) is 7.01. The zero-order chi connectivity index (χ0) is 19.9. The molecule has 0 aliphatic carbocycles. The number of anilines is 2. The molecular weight excluding hydrogens is 381 g/mol. The lowest BCUT2D eigenvalue weighted by Gasteiger charge is -2.36. The molecule has 0 saturated carbocycles. The molecule has 1 aliphatic rings. The van der Waals surface area contributed by atoms with Crippen molar-refractivity contribution in [2.45, 2.75) is 13.3 Å². The molecule has 1 fully saturated rings. The SMILES string of the molecule is CCc1nsc(N2CCN(C(=NC)NCC(=O)Nc3ccc(F)cc3)CC2)n1. The summed E-state index contributed by atoms with van der Waals surface area (Å²) in [5.74, 6) is 1.01. The first kappa shape index (κ1) is 20.0. The molecule has 0 atom stereocenters. The highest BCUT2D eigenvalue weighted by atomic mass is 32.1. The van der Waals surface area contributed by atoms with E-state index in [0.717, 1.165) is 43.6 Å². The molecule has 1 saturated heterocycles. The molecule has 2 aromatic rings. The molecule has 0 unspecified atom stereocenters. The van der Waals surface area contributed by atoms with Gasteiger partial charge in [-0.2, -0.15) is 4.37 Å². The first-order valence-corrected chi connectivity index (χ1v) is 9.95. The smallest absolute Gasteiger partial charge is 0.243 e. The summed E-state index contributed by atoms with van der Waals surface area (Å²) < 4.78 is 17.3. The lowest BCUT2D eigenvalue weighted by atomic mass is 10.3. The number of hydrogen-bond acceptors (Lipinski definition) is 6. The number of aromatic nitrogens is 2. The normalized spacial score (nSPS) is 14.9. The number of carbonyl (C=O) groups is 1. The molecule has 8 nitrogen and oxygen atoms in total. The Morgan fingerprint density at radius 1 is 1.25 bits per heavy atom. The van der Waals surface area contributed by atoms with E-state index < -0.39 is 0 Å². The summed E-state index contributed by atoms with van der Waals surface area (Å²) >= 11 is 1.44. The number of aliphatic imine (C=N–C) groups is 1. The van der Waals surface area contributed by atoms with Crippen molar-refractivity contribution in [2.24, 2.45) is 4.99 Å². The summed E-state index contributed by atoms with van der Waals surface area (Å²) in [4.78, 5) is 25.3.